The zero-order valence-electron chi connectivity index (χ0n) is 25.4. The van der Waals surface area contributed by atoms with Crippen LogP contribution in [0.3, 0.4) is 0 Å². The number of rotatable bonds is 4. The van der Waals surface area contributed by atoms with Crippen molar-refractivity contribution in [3.63, 3.8) is 0 Å². The number of halogens is 2. The molecule has 3 heteroatoms. The van der Waals surface area contributed by atoms with E-state index in [9.17, 15) is 0 Å². The van der Waals surface area contributed by atoms with Gasteiger partial charge in [0.2, 0.25) is 0 Å². The fraction of sp³-hybridized carbons (Fsp3) is 0.256. The first kappa shape index (κ1) is 30.1. The van der Waals surface area contributed by atoms with Gasteiger partial charge in [-0.2, -0.15) is 0 Å². The Hall–Kier alpha value is -1.93. The Labute approximate surface area is 276 Å². The molecule has 0 amide bonds. The van der Waals surface area contributed by atoms with Crippen molar-refractivity contribution in [3.05, 3.63) is 143 Å². The molecule has 0 bridgehead atoms. The van der Waals surface area contributed by atoms with Gasteiger partial charge in [-0.15, -0.1) is 0 Å². The maximum absolute atomic E-state index is 3.70. The van der Waals surface area contributed by atoms with Crippen LogP contribution in [0.1, 0.15) is 81.3 Å². The van der Waals surface area contributed by atoms with Crippen LogP contribution in [0.4, 0.5) is 0 Å². The van der Waals surface area contributed by atoms with E-state index in [-0.39, 0.29) is 10.8 Å². The summed E-state index contributed by atoms with van der Waals surface area (Å²) >= 11 is 4.67. The standard InChI is InChI=1S/C21H25.C13H8Br2.C5H5.Zr/c1-20(2,3)16-9-7-14-11-15-8-10-17(21(4,5)6)13-19(15)18(14)12-16;14-12-5-1-10(2-6-12)9-11-3-7-13(15)8-4-11;1-2-4-5-3-1;/h7,9-10,12-13H,11H2,1-6H3;1-8H;1-3H,4H2;. The molecule has 42 heavy (non-hydrogen) atoms. The van der Waals surface area contributed by atoms with Gasteiger partial charge in [0, 0.05) is 0 Å². The summed E-state index contributed by atoms with van der Waals surface area (Å²) in [7, 11) is 0. The zero-order chi connectivity index (χ0) is 29.8. The van der Waals surface area contributed by atoms with E-state index in [1.54, 1.807) is 15.3 Å². The average Bonchev–Trinajstić information content (AvgIpc) is 3.60. The van der Waals surface area contributed by atoms with E-state index in [0.29, 0.717) is 0 Å². The molecule has 0 spiro atoms. The number of hydrogen-bond acceptors (Lipinski definition) is 0. The predicted molar refractivity (Wildman–Crippen MR) is 185 cm³/mol. The Morgan fingerprint density at radius 3 is 1.76 bits per heavy atom. The molecule has 0 fully saturated rings. The summed E-state index contributed by atoms with van der Waals surface area (Å²) in [5.41, 5.74) is 11.7. The summed E-state index contributed by atoms with van der Waals surface area (Å²) in [6, 6.07) is 30.5. The molecule has 0 saturated carbocycles. The van der Waals surface area contributed by atoms with Gasteiger partial charge in [-0.1, -0.05) is 0 Å². The van der Waals surface area contributed by atoms with Crippen LogP contribution < -0.4 is 3.27 Å². The molecular weight excluding hydrogens is 719 g/mol. The molecule has 0 aliphatic heterocycles. The second-order valence-corrected chi connectivity index (χ2v) is 21.5. The van der Waals surface area contributed by atoms with E-state index >= 15 is 0 Å². The van der Waals surface area contributed by atoms with Crippen LogP contribution in [0.25, 0.3) is 11.1 Å². The molecule has 2 aliphatic carbocycles. The number of fused-ring (bicyclic) bond motifs is 3. The van der Waals surface area contributed by atoms with E-state index in [0.717, 1.165) is 21.8 Å². The van der Waals surface area contributed by atoms with Crippen LogP contribution >= 0.6 is 31.9 Å². The van der Waals surface area contributed by atoms with Crippen molar-refractivity contribution >= 4 is 38.3 Å². The Kier molecular flexibility index (Phi) is 8.27. The third kappa shape index (κ3) is 5.91. The Morgan fingerprint density at radius 1 is 0.667 bits per heavy atom. The van der Waals surface area contributed by atoms with Crippen LogP contribution in [0.15, 0.2) is 109 Å². The fourth-order valence-electron chi connectivity index (χ4n) is 6.19. The molecule has 4 aromatic carbocycles. The van der Waals surface area contributed by atoms with Crippen molar-refractivity contribution in [2.75, 3.05) is 0 Å². The molecule has 4 aromatic rings. The van der Waals surface area contributed by atoms with Crippen molar-refractivity contribution in [1.82, 2.24) is 0 Å². The molecule has 0 radical (unpaired) electrons. The van der Waals surface area contributed by atoms with E-state index in [2.05, 4.69) is 170 Å². The number of hydrogen-bond donors (Lipinski definition) is 0. The molecule has 212 valence electrons. The van der Waals surface area contributed by atoms with E-state index < -0.39 is 21.3 Å². The van der Waals surface area contributed by atoms with Crippen molar-refractivity contribution in [2.24, 2.45) is 0 Å². The first-order valence-corrected chi connectivity index (χ1v) is 20.1. The van der Waals surface area contributed by atoms with Crippen molar-refractivity contribution in [3.8, 4) is 11.1 Å². The molecule has 0 aromatic heterocycles. The van der Waals surface area contributed by atoms with Crippen molar-refractivity contribution < 1.29 is 21.3 Å². The Balaban J connectivity index is 1.72. The second-order valence-electron chi connectivity index (χ2n) is 13.7. The predicted octanol–water partition coefficient (Wildman–Crippen LogP) is 10.7. The third-order valence-corrected chi connectivity index (χ3v) is 17.2. The quantitative estimate of drug-likeness (QED) is 0.171. The number of allylic oxidation sites excluding steroid dienone is 4. The monoisotopic (exact) mass is 754 g/mol. The molecule has 0 atom stereocenters. The molecule has 0 heterocycles. The molecule has 0 N–H and O–H groups in total. The molecule has 2 aliphatic rings. The third-order valence-electron chi connectivity index (χ3n) is 8.63. The summed E-state index contributed by atoms with van der Waals surface area (Å²) in [5.74, 6) is 0. The first-order valence-electron chi connectivity index (χ1n) is 14.8. The normalized spacial score (nSPS) is 14.0. The van der Waals surface area contributed by atoms with Crippen LogP contribution in [-0.4, -0.2) is 3.21 Å². The molecular formula is C39H38Br2Zr. The fourth-order valence-corrected chi connectivity index (χ4v) is 14.7. The van der Waals surface area contributed by atoms with E-state index in [4.69, 9.17) is 0 Å². The SMILES string of the molecule is CC(C)(C)c1ccc2c(c1)-c1cc(C(C)(C)C)c[c]([Zr]([C]3=CC=CC3)=[C](c3ccc(Br)cc3)c3ccc(Br)cc3)c1C2. The summed E-state index contributed by atoms with van der Waals surface area (Å²) in [6.45, 7) is 14.1. The molecule has 0 saturated heterocycles. The molecule has 6 rings (SSSR count). The van der Waals surface area contributed by atoms with Crippen molar-refractivity contribution in [1.29, 1.82) is 0 Å². The minimum absolute atomic E-state index is 0.0557. The van der Waals surface area contributed by atoms with Gasteiger partial charge in [0.15, 0.2) is 0 Å². The number of benzene rings is 4. The van der Waals surface area contributed by atoms with Gasteiger partial charge < -0.3 is 0 Å². The van der Waals surface area contributed by atoms with Gasteiger partial charge in [0.05, 0.1) is 0 Å². The zero-order valence-corrected chi connectivity index (χ0v) is 31.0. The summed E-state index contributed by atoms with van der Waals surface area (Å²) in [4.78, 5) is 0. The van der Waals surface area contributed by atoms with Crippen LogP contribution in [0, 0.1) is 0 Å². The first-order chi connectivity index (χ1) is 19.9. The van der Waals surface area contributed by atoms with Crippen LogP contribution in [0.2, 0.25) is 0 Å². The summed E-state index contributed by atoms with van der Waals surface area (Å²) < 4.78 is 7.09. The van der Waals surface area contributed by atoms with Gasteiger partial charge >= 0.3 is 279 Å². The van der Waals surface area contributed by atoms with Gasteiger partial charge in [-0.3, -0.25) is 0 Å². The topological polar surface area (TPSA) is 0 Å². The van der Waals surface area contributed by atoms with E-state index in [1.807, 2.05) is 0 Å². The minimum atomic E-state index is -2.72. The molecule has 0 unspecified atom stereocenters. The Bertz CT molecular complexity index is 1720. The van der Waals surface area contributed by atoms with Crippen molar-refractivity contribution in [2.45, 2.75) is 65.2 Å². The summed E-state index contributed by atoms with van der Waals surface area (Å²) in [5, 5.41) is 0. The van der Waals surface area contributed by atoms with Gasteiger partial charge in [0.25, 0.3) is 0 Å². The van der Waals surface area contributed by atoms with Crippen LogP contribution in [-0.2, 0) is 38.5 Å². The van der Waals surface area contributed by atoms with Crippen LogP contribution in [0.5, 0.6) is 0 Å². The molecule has 0 nitrogen and oxygen atoms in total. The Morgan fingerprint density at radius 2 is 1.24 bits per heavy atom. The van der Waals surface area contributed by atoms with Gasteiger partial charge in [-0.25, -0.2) is 0 Å². The van der Waals surface area contributed by atoms with Gasteiger partial charge in [0.1, 0.15) is 0 Å². The summed E-state index contributed by atoms with van der Waals surface area (Å²) in [6.07, 6.45) is 9.17. The van der Waals surface area contributed by atoms with E-state index in [1.165, 1.54) is 38.9 Å². The second kappa shape index (κ2) is 11.5. The maximum atomic E-state index is 3.70. The van der Waals surface area contributed by atoms with Gasteiger partial charge in [-0.05, 0) is 0 Å². The average molecular weight is 758 g/mol.